The first-order valence-corrected chi connectivity index (χ1v) is 7.72. The lowest BCUT2D eigenvalue weighted by molar-refractivity contribution is 0.341. The maximum absolute atomic E-state index is 3.70. The summed E-state index contributed by atoms with van der Waals surface area (Å²) in [5.41, 5.74) is 2.79. The molecule has 0 aliphatic carbocycles. The van der Waals surface area contributed by atoms with Crippen LogP contribution in [0.4, 0.5) is 0 Å². The van der Waals surface area contributed by atoms with Crippen LogP contribution in [0.25, 0.3) is 0 Å². The van der Waals surface area contributed by atoms with E-state index in [1.54, 1.807) is 0 Å². The minimum atomic E-state index is 0.400. The molecule has 0 fully saturated rings. The van der Waals surface area contributed by atoms with E-state index < -0.39 is 0 Å². The van der Waals surface area contributed by atoms with Gasteiger partial charge in [-0.3, -0.25) is 0 Å². The highest BCUT2D eigenvalue weighted by Gasteiger charge is 2.11. The minimum Gasteiger partial charge on any atom is -0.309 e. The first kappa shape index (κ1) is 15.7. The van der Waals surface area contributed by atoms with Crippen LogP contribution in [0.3, 0.4) is 0 Å². The van der Waals surface area contributed by atoms with E-state index >= 15 is 0 Å². The molecule has 0 radical (unpaired) electrons. The van der Waals surface area contributed by atoms with E-state index in [4.69, 9.17) is 0 Å². The van der Waals surface area contributed by atoms with Crippen LogP contribution in [0.1, 0.15) is 23.6 Å². The van der Waals surface area contributed by atoms with Crippen molar-refractivity contribution in [1.29, 1.82) is 0 Å². The summed E-state index contributed by atoms with van der Waals surface area (Å²) in [4.78, 5) is 2.24. The predicted octanol–water partition coefficient (Wildman–Crippen LogP) is 3.51. The molecular formula is C19H26N2. The molecule has 0 aliphatic rings. The fourth-order valence-corrected chi connectivity index (χ4v) is 2.55. The summed E-state index contributed by atoms with van der Waals surface area (Å²) in [5, 5.41) is 3.70. The van der Waals surface area contributed by atoms with Gasteiger partial charge >= 0.3 is 0 Å². The number of hydrogen-bond acceptors (Lipinski definition) is 2. The molecule has 0 amide bonds. The molecule has 21 heavy (non-hydrogen) atoms. The van der Waals surface area contributed by atoms with Gasteiger partial charge in [-0.1, -0.05) is 60.7 Å². The highest BCUT2D eigenvalue weighted by atomic mass is 15.1. The fourth-order valence-electron chi connectivity index (χ4n) is 2.55. The molecule has 0 saturated heterocycles. The molecule has 0 spiro atoms. The molecule has 1 atom stereocenters. The lowest BCUT2D eigenvalue weighted by Gasteiger charge is -2.23. The summed E-state index contributed by atoms with van der Waals surface area (Å²) in [6.07, 6.45) is 2.30. The van der Waals surface area contributed by atoms with E-state index in [9.17, 15) is 0 Å². The quantitative estimate of drug-likeness (QED) is 0.745. The van der Waals surface area contributed by atoms with Gasteiger partial charge in [0.1, 0.15) is 0 Å². The van der Waals surface area contributed by atoms with Crippen LogP contribution in [0.5, 0.6) is 0 Å². The third-order valence-corrected chi connectivity index (χ3v) is 3.63. The molecule has 2 heteroatoms. The third-order valence-electron chi connectivity index (χ3n) is 3.63. The van der Waals surface area contributed by atoms with Gasteiger partial charge in [-0.2, -0.15) is 0 Å². The topological polar surface area (TPSA) is 15.3 Å². The van der Waals surface area contributed by atoms with Crippen molar-refractivity contribution in [3.63, 3.8) is 0 Å². The summed E-state index contributed by atoms with van der Waals surface area (Å²) >= 11 is 0. The number of hydrogen-bond donors (Lipinski definition) is 1. The lowest BCUT2D eigenvalue weighted by Crippen LogP contribution is -2.32. The number of nitrogens with one attached hydrogen (secondary N) is 1. The summed E-state index contributed by atoms with van der Waals surface area (Å²) in [5.74, 6) is 0. The van der Waals surface area contributed by atoms with Crippen molar-refractivity contribution in [1.82, 2.24) is 10.2 Å². The Morgan fingerprint density at radius 2 is 1.52 bits per heavy atom. The Kier molecular flexibility index (Phi) is 6.45. The first-order valence-electron chi connectivity index (χ1n) is 7.72. The Hall–Kier alpha value is -1.64. The Bertz CT molecular complexity index is 493. The van der Waals surface area contributed by atoms with Crippen LogP contribution < -0.4 is 5.32 Å². The van der Waals surface area contributed by atoms with Crippen LogP contribution in [0.2, 0.25) is 0 Å². The second kappa shape index (κ2) is 8.60. The predicted molar refractivity (Wildman–Crippen MR) is 90.5 cm³/mol. The van der Waals surface area contributed by atoms with Gasteiger partial charge in [0.05, 0.1) is 0 Å². The SMILES string of the molecule is CN(C)CC(NCCCc1ccccc1)c1ccccc1. The van der Waals surface area contributed by atoms with Crippen LogP contribution in [-0.4, -0.2) is 32.1 Å². The maximum Gasteiger partial charge on any atom is 0.0449 e. The largest absolute Gasteiger partial charge is 0.309 e. The molecule has 0 saturated carbocycles. The van der Waals surface area contributed by atoms with Gasteiger partial charge in [-0.15, -0.1) is 0 Å². The molecule has 2 rings (SSSR count). The standard InChI is InChI=1S/C19H26N2/c1-21(2)16-19(18-13-7-4-8-14-18)20-15-9-12-17-10-5-3-6-11-17/h3-8,10-11,13-14,19-20H,9,12,15-16H2,1-2H3. The summed E-state index contributed by atoms with van der Waals surface area (Å²) < 4.78 is 0. The van der Waals surface area contributed by atoms with E-state index in [1.165, 1.54) is 17.5 Å². The Morgan fingerprint density at radius 1 is 0.905 bits per heavy atom. The van der Waals surface area contributed by atoms with Crippen molar-refractivity contribution in [2.75, 3.05) is 27.2 Å². The molecular weight excluding hydrogens is 256 g/mol. The van der Waals surface area contributed by atoms with Crippen LogP contribution in [-0.2, 0) is 6.42 Å². The summed E-state index contributed by atoms with van der Waals surface area (Å²) in [7, 11) is 4.25. The van der Waals surface area contributed by atoms with Crippen molar-refractivity contribution in [3.8, 4) is 0 Å². The van der Waals surface area contributed by atoms with Crippen LogP contribution >= 0.6 is 0 Å². The van der Waals surface area contributed by atoms with Gasteiger partial charge in [0, 0.05) is 12.6 Å². The van der Waals surface area contributed by atoms with Gasteiger partial charge in [0.2, 0.25) is 0 Å². The molecule has 0 heterocycles. The molecule has 0 aromatic heterocycles. The van der Waals surface area contributed by atoms with Crippen molar-refractivity contribution in [2.45, 2.75) is 18.9 Å². The van der Waals surface area contributed by atoms with E-state index in [0.29, 0.717) is 6.04 Å². The molecule has 0 aliphatic heterocycles. The zero-order valence-corrected chi connectivity index (χ0v) is 13.1. The fraction of sp³-hybridized carbons (Fsp3) is 0.368. The molecule has 1 N–H and O–H groups in total. The van der Waals surface area contributed by atoms with Crippen molar-refractivity contribution < 1.29 is 0 Å². The molecule has 0 bridgehead atoms. The molecule has 2 nitrogen and oxygen atoms in total. The Morgan fingerprint density at radius 3 is 2.14 bits per heavy atom. The van der Waals surface area contributed by atoms with Gasteiger partial charge in [-0.25, -0.2) is 0 Å². The highest BCUT2D eigenvalue weighted by molar-refractivity contribution is 5.19. The highest BCUT2D eigenvalue weighted by Crippen LogP contribution is 2.13. The minimum absolute atomic E-state index is 0.400. The Labute approximate surface area is 128 Å². The number of nitrogens with zero attached hydrogens (tertiary/aromatic N) is 1. The van der Waals surface area contributed by atoms with Crippen LogP contribution in [0.15, 0.2) is 60.7 Å². The van der Waals surface area contributed by atoms with Crippen molar-refractivity contribution in [2.24, 2.45) is 0 Å². The monoisotopic (exact) mass is 282 g/mol. The number of rotatable bonds is 8. The molecule has 1 unspecified atom stereocenters. The summed E-state index contributed by atoms with van der Waals surface area (Å²) in [6.45, 7) is 2.07. The van der Waals surface area contributed by atoms with E-state index in [-0.39, 0.29) is 0 Å². The molecule has 2 aromatic carbocycles. The lowest BCUT2D eigenvalue weighted by atomic mass is 10.1. The van der Waals surface area contributed by atoms with Crippen molar-refractivity contribution in [3.05, 3.63) is 71.8 Å². The summed E-state index contributed by atoms with van der Waals surface area (Å²) in [6, 6.07) is 21.8. The molecule has 2 aromatic rings. The second-order valence-corrected chi connectivity index (χ2v) is 5.77. The molecule has 112 valence electrons. The van der Waals surface area contributed by atoms with Gasteiger partial charge < -0.3 is 10.2 Å². The van der Waals surface area contributed by atoms with Crippen LogP contribution in [0, 0.1) is 0 Å². The van der Waals surface area contributed by atoms with E-state index in [1.807, 2.05) is 0 Å². The second-order valence-electron chi connectivity index (χ2n) is 5.77. The zero-order valence-electron chi connectivity index (χ0n) is 13.1. The smallest absolute Gasteiger partial charge is 0.0449 e. The van der Waals surface area contributed by atoms with Crippen molar-refractivity contribution >= 4 is 0 Å². The first-order chi connectivity index (χ1) is 10.3. The normalized spacial score (nSPS) is 12.5. The van der Waals surface area contributed by atoms with Gasteiger partial charge in [0.15, 0.2) is 0 Å². The maximum atomic E-state index is 3.70. The van der Waals surface area contributed by atoms with Gasteiger partial charge in [-0.05, 0) is 44.6 Å². The number of aryl methyl sites for hydroxylation is 1. The van der Waals surface area contributed by atoms with Gasteiger partial charge in [0.25, 0.3) is 0 Å². The number of likely N-dealkylation sites (N-methyl/N-ethyl adjacent to an activating group) is 1. The number of benzene rings is 2. The van der Waals surface area contributed by atoms with E-state index in [2.05, 4.69) is 85.0 Å². The van der Waals surface area contributed by atoms with E-state index in [0.717, 1.165) is 19.5 Å². The average molecular weight is 282 g/mol. The third kappa shape index (κ3) is 5.70. The zero-order chi connectivity index (χ0) is 14.9. The average Bonchev–Trinajstić information content (AvgIpc) is 2.52. The Balaban J connectivity index is 1.82.